The van der Waals surface area contributed by atoms with Crippen molar-refractivity contribution in [2.45, 2.75) is 12.5 Å². The smallest absolute Gasteiger partial charge is 0.165 e. The first-order valence-corrected chi connectivity index (χ1v) is 6.44. The van der Waals surface area contributed by atoms with E-state index in [1.54, 1.807) is 6.92 Å². The average molecular weight is 269 g/mol. The number of β-amino-alcohol motifs (C(OH)–C–C–N with tert-alkyl or cyclic N) is 1. The lowest BCUT2D eigenvalue weighted by Gasteiger charge is -2.34. The molecule has 0 saturated carbocycles. The molecule has 2 rings (SSSR count). The Hall–Kier alpha value is -1.24. The molecule has 0 radical (unpaired) electrons. The number of halogens is 1. The Morgan fingerprint density at radius 2 is 2.26 bits per heavy atom. The largest absolute Gasteiger partial charge is 0.387 e. The van der Waals surface area contributed by atoms with E-state index in [4.69, 9.17) is 4.74 Å². The molecular formula is C13H20FN3O2. The van der Waals surface area contributed by atoms with E-state index in [1.165, 1.54) is 18.3 Å². The molecule has 1 aliphatic rings. The summed E-state index contributed by atoms with van der Waals surface area (Å²) < 4.78 is 18.7. The Balaban J connectivity index is 1.84. The van der Waals surface area contributed by atoms with E-state index < -0.39 is 11.4 Å². The van der Waals surface area contributed by atoms with Gasteiger partial charge in [0.05, 0.1) is 18.8 Å². The summed E-state index contributed by atoms with van der Waals surface area (Å²) in [5.41, 5.74) is -0.943. The van der Waals surface area contributed by atoms with Gasteiger partial charge in [0.2, 0.25) is 0 Å². The molecule has 1 aromatic rings. The zero-order valence-corrected chi connectivity index (χ0v) is 11.1. The van der Waals surface area contributed by atoms with Crippen LogP contribution in [0.1, 0.15) is 6.92 Å². The minimum absolute atomic E-state index is 0.171. The van der Waals surface area contributed by atoms with Crippen molar-refractivity contribution in [1.29, 1.82) is 0 Å². The van der Waals surface area contributed by atoms with E-state index in [9.17, 15) is 9.50 Å². The molecule has 106 valence electrons. The molecule has 6 heteroatoms. The van der Waals surface area contributed by atoms with E-state index in [0.717, 1.165) is 13.1 Å². The number of nitrogens with one attached hydrogen (secondary N) is 1. The van der Waals surface area contributed by atoms with Gasteiger partial charge in [-0.15, -0.1) is 0 Å². The summed E-state index contributed by atoms with van der Waals surface area (Å²) in [5.74, 6) is -0.241. The fourth-order valence-corrected chi connectivity index (χ4v) is 2.09. The van der Waals surface area contributed by atoms with Crippen LogP contribution in [0.5, 0.6) is 0 Å². The van der Waals surface area contributed by atoms with Crippen molar-refractivity contribution in [2.24, 2.45) is 0 Å². The predicted octanol–water partition coefficient (Wildman–Crippen LogP) is 0.716. The SMILES string of the molecule is CC(O)(CNc1ncccc1F)CN1CCOCC1. The van der Waals surface area contributed by atoms with Gasteiger partial charge in [0.15, 0.2) is 11.6 Å². The molecule has 1 fully saturated rings. The van der Waals surface area contributed by atoms with Crippen LogP contribution >= 0.6 is 0 Å². The Morgan fingerprint density at radius 3 is 2.95 bits per heavy atom. The van der Waals surface area contributed by atoms with Crippen molar-refractivity contribution in [2.75, 3.05) is 44.7 Å². The lowest BCUT2D eigenvalue weighted by molar-refractivity contribution is -0.0164. The summed E-state index contributed by atoms with van der Waals surface area (Å²) in [6.07, 6.45) is 1.52. The third kappa shape index (κ3) is 4.41. The van der Waals surface area contributed by atoms with Gasteiger partial charge in [0.25, 0.3) is 0 Å². The topological polar surface area (TPSA) is 57.6 Å². The van der Waals surface area contributed by atoms with Crippen LogP contribution < -0.4 is 5.32 Å². The van der Waals surface area contributed by atoms with Gasteiger partial charge < -0.3 is 15.2 Å². The van der Waals surface area contributed by atoms with E-state index >= 15 is 0 Å². The van der Waals surface area contributed by atoms with Gasteiger partial charge in [0.1, 0.15) is 0 Å². The molecule has 1 atom stereocenters. The highest BCUT2D eigenvalue weighted by atomic mass is 19.1. The molecule has 1 aliphatic heterocycles. The quantitative estimate of drug-likeness (QED) is 0.825. The molecule has 1 aromatic heterocycles. The maximum Gasteiger partial charge on any atom is 0.165 e. The van der Waals surface area contributed by atoms with E-state index in [0.29, 0.717) is 19.8 Å². The molecule has 0 amide bonds. The molecule has 5 nitrogen and oxygen atoms in total. The van der Waals surface area contributed by atoms with Gasteiger partial charge in [-0.3, -0.25) is 4.90 Å². The fraction of sp³-hybridized carbons (Fsp3) is 0.615. The highest BCUT2D eigenvalue weighted by molar-refractivity contribution is 5.35. The number of rotatable bonds is 5. The summed E-state index contributed by atoms with van der Waals surface area (Å²) in [7, 11) is 0. The van der Waals surface area contributed by atoms with Crippen molar-refractivity contribution in [3.8, 4) is 0 Å². The number of hydrogen-bond acceptors (Lipinski definition) is 5. The molecule has 1 unspecified atom stereocenters. The minimum Gasteiger partial charge on any atom is -0.387 e. The summed E-state index contributed by atoms with van der Waals surface area (Å²) in [4.78, 5) is 6.04. The Bertz CT molecular complexity index is 409. The van der Waals surface area contributed by atoms with Crippen molar-refractivity contribution < 1.29 is 14.2 Å². The van der Waals surface area contributed by atoms with Crippen LogP contribution in [-0.2, 0) is 4.74 Å². The number of anilines is 1. The summed E-state index contributed by atoms with van der Waals surface area (Å²) in [6, 6.07) is 2.87. The Morgan fingerprint density at radius 1 is 1.53 bits per heavy atom. The molecule has 19 heavy (non-hydrogen) atoms. The number of nitrogens with zero attached hydrogens (tertiary/aromatic N) is 2. The number of ether oxygens (including phenoxy) is 1. The van der Waals surface area contributed by atoms with E-state index in [2.05, 4.69) is 15.2 Å². The predicted molar refractivity (Wildman–Crippen MR) is 70.6 cm³/mol. The molecule has 0 aromatic carbocycles. The van der Waals surface area contributed by atoms with Crippen LogP contribution in [0.25, 0.3) is 0 Å². The van der Waals surface area contributed by atoms with Crippen LogP contribution in [0.4, 0.5) is 10.2 Å². The van der Waals surface area contributed by atoms with Gasteiger partial charge in [-0.05, 0) is 19.1 Å². The molecule has 0 spiro atoms. The lowest BCUT2D eigenvalue weighted by Crippen LogP contribution is -2.49. The van der Waals surface area contributed by atoms with Gasteiger partial charge >= 0.3 is 0 Å². The fourth-order valence-electron chi connectivity index (χ4n) is 2.09. The zero-order valence-electron chi connectivity index (χ0n) is 11.1. The van der Waals surface area contributed by atoms with Crippen LogP contribution in [0.2, 0.25) is 0 Å². The molecule has 0 bridgehead atoms. The standard InChI is InChI=1S/C13H20FN3O2/c1-13(18,10-17-5-7-19-8-6-17)9-16-12-11(14)3-2-4-15-12/h2-4,18H,5-10H2,1H3,(H,15,16). The first kappa shape index (κ1) is 14.2. The molecule has 2 N–H and O–H groups in total. The maximum absolute atomic E-state index is 13.4. The zero-order chi connectivity index (χ0) is 13.7. The van der Waals surface area contributed by atoms with Gasteiger partial charge in [0, 0.05) is 32.4 Å². The molecule has 1 saturated heterocycles. The summed E-state index contributed by atoms with van der Waals surface area (Å²) in [6.45, 7) is 5.52. The van der Waals surface area contributed by atoms with Gasteiger partial charge in [-0.1, -0.05) is 0 Å². The first-order chi connectivity index (χ1) is 9.07. The maximum atomic E-state index is 13.4. The van der Waals surface area contributed by atoms with Crippen LogP contribution in [0, 0.1) is 5.82 Å². The number of aliphatic hydroxyl groups is 1. The van der Waals surface area contributed by atoms with Crippen molar-refractivity contribution in [1.82, 2.24) is 9.88 Å². The van der Waals surface area contributed by atoms with E-state index in [1.807, 2.05) is 0 Å². The summed E-state index contributed by atoms with van der Waals surface area (Å²) in [5, 5.41) is 13.2. The first-order valence-electron chi connectivity index (χ1n) is 6.44. The lowest BCUT2D eigenvalue weighted by atomic mass is 10.1. The number of aromatic nitrogens is 1. The third-order valence-electron chi connectivity index (χ3n) is 3.06. The molecular weight excluding hydrogens is 249 g/mol. The van der Waals surface area contributed by atoms with E-state index in [-0.39, 0.29) is 12.4 Å². The monoisotopic (exact) mass is 269 g/mol. The minimum atomic E-state index is -0.943. The van der Waals surface area contributed by atoms with Crippen molar-refractivity contribution in [3.05, 3.63) is 24.1 Å². The second-order valence-corrected chi connectivity index (χ2v) is 5.07. The van der Waals surface area contributed by atoms with Gasteiger partial charge in [-0.2, -0.15) is 0 Å². The highest BCUT2D eigenvalue weighted by Crippen LogP contribution is 2.13. The van der Waals surface area contributed by atoms with Crippen molar-refractivity contribution in [3.63, 3.8) is 0 Å². The number of hydrogen-bond donors (Lipinski definition) is 2. The number of morpholine rings is 1. The third-order valence-corrected chi connectivity index (χ3v) is 3.06. The summed E-state index contributed by atoms with van der Waals surface area (Å²) >= 11 is 0. The van der Waals surface area contributed by atoms with Gasteiger partial charge in [-0.25, -0.2) is 9.37 Å². The number of pyridine rings is 1. The van der Waals surface area contributed by atoms with Crippen LogP contribution in [-0.4, -0.2) is 60.0 Å². The average Bonchev–Trinajstić information content (AvgIpc) is 2.38. The Labute approximate surface area is 112 Å². The molecule has 0 aliphatic carbocycles. The molecule has 2 heterocycles. The van der Waals surface area contributed by atoms with Crippen LogP contribution in [0.3, 0.4) is 0 Å². The Kier molecular flexibility index (Phi) is 4.68. The van der Waals surface area contributed by atoms with Crippen molar-refractivity contribution >= 4 is 5.82 Å². The highest BCUT2D eigenvalue weighted by Gasteiger charge is 2.25. The normalized spacial score (nSPS) is 19.9. The second kappa shape index (κ2) is 6.27. The van der Waals surface area contributed by atoms with Crippen LogP contribution in [0.15, 0.2) is 18.3 Å². The second-order valence-electron chi connectivity index (χ2n) is 5.07.